The highest BCUT2D eigenvalue weighted by Gasteiger charge is 2.17. The molecule has 0 atom stereocenters. The van der Waals surface area contributed by atoms with Gasteiger partial charge in [-0.3, -0.25) is 9.13 Å². The van der Waals surface area contributed by atoms with Crippen LogP contribution in [-0.4, -0.2) is 24.1 Å². The third-order valence-electron chi connectivity index (χ3n) is 10.4. The highest BCUT2D eigenvalue weighted by molar-refractivity contribution is 7.25. The molecule has 262 valence electrons. The van der Waals surface area contributed by atoms with E-state index >= 15 is 0 Å². The van der Waals surface area contributed by atoms with Crippen LogP contribution in [0, 0.1) is 0 Å². The first-order valence-electron chi connectivity index (χ1n) is 18.2. The van der Waals surface area contributed by atoms with Crippen molar-refractivity contribution in [2.45, 2.75) is 0 Å². The predicted octanol–water partition coefficient (Wildman–Crippen LogP) is 11.4. The topological polar surface area (TPSA) is 65.6 Å². The lowest BCUT2D eigenvalue weighted by Gasteiger charge is -2.13. The summed E-state index contributed by atoms with van der Waals surface area (Å²) < 4.78 is 5.92. The Morgan fingerprint density at radius 1 is 0.382 bits per heavy atom. The van der Waals surface area contributed by atoms with Gasteiger partial charge in [-0.2, -0.15) is 0 Å². The van der Waals surface area contributed by atoms with E-state index < -0.39 is 0 Å². The van der Waals surface area contributed by atoms with Gasteiger partial charge in [0.15, 0.2) is 17.5 Å². The molecule has 0 unspecified atom stereocenters. The smallest absolute Gasteiger partial charge is 0.295 e. The van der Waals surface area contributed by atoms with Gasteiger partial charge in [0.1, 0.15) is 0 Å². The summed E-state index contributed by atoms with van der Waals surface area (Å²) >= 11 is 1.82. The second kappa shape index (κ2) is 13.2. The molecule has 10 rings (SSSR count). The quantitative estimate of drug-likeness (QED) is 0.171. The van der Waals surface area contributed by atoms with Gasteiger partial charge in [-0.15, -0.1) is 11.3 Å². The fourth-order valence-corrected chi connectivity index (χ4v) is 8.59. The Kier molecular flexibility index (Phi) is 7.82. The van der Waals surface area contributed by atoms with E-state index in [9.17, 15) is 4.79 Å². The number of aryl methyl sites for hydroxylation is 2. The molecule has 0 fully saturated rings. The first kappa shape index (κ1) is 32.7. The average molecular weight is 728 g/mol. The van der Waals surface area contributed by atoms with Crippen molar-refractivity contribution in [3.8, 4) is 67.5 Å². The lowest BCUT2D eigenvalue weighted by Crippen LogP contribution is -2.19. The summed E-state index contributed by atoms with van der Waals surface area (Å²) in [7, 11) is 3.61. The molecule has 0 radical (unpaired) electrons. The lowest BCUT2D eigenvalue weighted by molar-refractivity contribution is 0.795. The highest BCUT2D eigenvalue weighted by Crippen LogP contribution is 2.39. The van der Waals surface area contributed by atoms with Gasteiger partial charge in [-0.1, -0.05) is 109 Å². The molecule has 3 heterocycles. The summed E-state index contributed by atoms with van der Waals surface area (Å²) in [5.41, 5.74) is 10.8. The molecule has 0 N–H and O–H groups in total. The van der Waals surface area contributed by atoms with Gasteiger partial charge in [0.05, 0.1) is 11.0 Å². The molecule has 0 saturated heterocycles. The van der Waals surface area contributed by atoms with Crippen molar-refractivity contribution < 1.29 is 0 Å². The molecule has 7 heteroatoms. The SMILES string of the molecule is Cn1c(=O)n(C)c2cc(-c3cccc(-c4nc(-c5ccccc5)nc(-c5cc(-c6ccccc6)cc(-c6ccc7sc8ccccc8c7c6)c5)n4)c3)ccc21. The van der Waals surface area contributed by atoms with Crippen LogP contribution in [0.2, 0.25) is 0 Å². The van der Waals surface area contributed by atoms with Crippen molar-refractivity contribution >= 4 is 42.5 Å². The van der Waals surface area contributed by atoms with Crippen LogP contribution >= 0.6 is 11.3 Å². The minimum Gasteiger partial charge on any atom is -0.295 e. The van der Waals surface area contributed by atoms with Gasteiger partial charge < -0.3 is 0 Å². The van der Waals surface area contributed by atoms with E-state index in [1.54, 1.807) is 16.2 Å². The van der Waals surface area contributed by atoms with Crippen LogP contribution in [0.25, 0.3) is 98.7 Å². The molecule has 0 aliphatic heterocycles. The first-order valence-corrected chi connectivity index (χ1v) is 19.0. The molecule has 10 aromatic rings. The zero-order valence-corrected chi connectivity index (χ0v) is 31.0. The number of aromatic nitrogens is 5. The maximum absolute atomic E-state index is 12.7. The number of imidazole rings is 1. The number of benzene rings is 7. The Bertz CT molecular complexity index is 3140. The van der Waals surface area contributed by atoms with Gasteiger partial charge in [0.25, 0.3) is 0 Å². The molecular formula is C48H33N5OS. The molecule has 0 bridgehead atoms. The third-order valence-corrected chi connectivity index (χ3v) is 11.6. The van der Waals surface area contributed by atoms with Crippen molar-refractivity contribution in [2.24, 2.45) is 14.1 Å². The molecule has 0 spiro atoms. The van der Waals surface area contributed by atoms with E-state index in [4.69, 9.17) is 15.0 Å². The Hall–Kier alpha value is -6.96. The van der Waals surface area contributed by atoms with Crippen LogP contribution in [0.1, 0.15) is 0 Å². The second-order valence-electron chi connectivity index (χ2n) is 13.8. The van der Waals surface area contributed by atoms with Crippen molar-refractivity contribution in [2.75, 3.05) is 0 Å². The second-order valence-corrected chi connectivity index (χ2v) is 14.9. The summed E-state index contributed by atoms with van der Waals surface area (Å²) in [6.45, 7) is 0. The van der Waals surface area contributed by atoms with Crippen molar-refractivity contribution in [3.05, 3.63) is 174 Å². The number of rotatable bonds is 6. The standard InChI is InChI=1S/C48H33N5OS/c1-52-41-22-20-34(29-42(41)53(2)48(52)54)32-16-11-17-35(24-32)46-49-45(31-14-7-4-8-15-31)50-47(51-46)38-26-36(30-12-5-3-6-13-30)25-37(27-38)33-21-23-44-40(28-33)39-18-9-10-19-43(39)55-44/h3-29H,1-2H3. The van der Waals surface area contributed by atoms with Gasteiger partial charge in [-0.25, -0.2) is 19.7 Å². The van der Waals surface area contributed by atoms with E-state index in [-0.39, 0.29) is 5.69 Å². The predicted molar refractivity (Wildman–Crippen MR) is 227 cm³/mol. The summed E-state index contributed by atoms with van der Waals surface area (Å²) in [6, 6.07) is 57.0. The van der Waals surface area contributed by atoms with E-state index in [1.165, 1.54) is 20.2 Å². The zero-order chi connectivity index (χ0) is 37.0. The number of hydrogen-bond acceptors (Lipinski definition) is 5. The molecule has 3 aromatic heterocycles. The van der Waals surface area contributed by atoms with E-state index in [2.05, 4.69) is 109 Å². The maximum Gasteiger partial charge on any atom is 0.328 e. The minimum absolute atomic E-state index is 0.0490. The Balaban J connectivity index is 1.15. The molecule has 55 heavy (non-hydrogen) atoms. The zero-order valence-electron chi connectivity index (χ0n) is 30.1. The summed E-state index contributed by atoms with van der Waals surface area (Å²) in [5, 5.41) is 2.53. The van der Waals surface area contributed by atoms with Crippen LogP contribution in [0.15, 0.2) is 169 Å². The van der Waals surface area contributed by atoms with Gasteiger partial charge in [0.2, 0.25) is 0 Å². The molecule has 6 nitrogen and oxygen atoms in total. The van der Waals surface area contributed by atoms with Crippen molar-refractivity contribution in [1.82, 2.24) is 24.1 Å². The summed E-state index contributed by atoms with van der Waals surface area (Å²) in [5.74, 6) is 1.78. The molecule has 0 aliphatic carbocycles. The van der Waals surface area contributed by atoms with Crippen LogP contribution in [0.5, 0.6) is 0 Å². The number of thiophene rings is 1. The Morgan fingerprint density at radius 2 is 0.891 bits per heavy atom. The van der Waals surface area contributed by atoms with Gasteiger partial charge >= 0.3 is 5.69 Å². The number of fused-ring (bicyclic) bond motifs is 4. The van der Waals surface area contributed by atoms with Crippen LogP contribution in [-0.2, 0) is 14.1 Å². The lowest BCUT2D eigenvalue weighted by atomic mass is 9.95. The summed E-state index contributed by atoms with van der Waals surface area (Å²) in [4.78, 5) is 28.1. The third kappa shape index (κ3) is 5.82. The first-order chi connectivity index (χ1) is 27.0. The van der Waals surface area contributed by atoms with Gasteiger partial charge in [0, 0.05) is 51.0 Å². The van der Waals surface area contributed by atoms with Crippen LogP contribution < -0.4 is 5.69 Å². The summed E-state index contributed by atoms with van der Waals surface area (Å²) in [6.07, 6.45) is 0. The fourth-order valence-electron chi connectivity index (χ4n) is 7.50. The fraction of sp³-hybridized carbons (Fsp3) is 0.0417. The van der Waals surface area contributed by atoms with E-state index in [1.807, 2.05) is 73.0 Å². The van der Waals surface area contributed by atoms with Gasteiger partial charge in [-0.05, 0) is 88.0 Å². The van der Waals surface area contributed by atoms with E-state index in [0.29, 0.717) is 17.5 Å². The molecule has 0 amide bonds. The van der Waals surface area contributed by atoms with Crippen LogP contribution in [0.4, 0.5) is 0 Å². The number of hydrogen-bond donors (Lipinski definition) is 0. The normalized spacial score (nSPS) is 11.5. The molecule has 0 aliphatic rings. The van der Waals surface area contributed by atoms with E-state index in [0.717, 1.165) is 61.1 Å². The van der Waals surface area contributed by atoms with Crippen molar-refractivity contribution in [1.29, 1.82) is 0 Å². The Morgan fingerprint density at radius 3 is 1.67 bits per heavy atom. The molecule has 0 saturated carbocycles. The largest absolute Gasteiger partial charge is 0.328 e. The number of nitrogens with zero attached hydrogens (tertiary/aromatic N) is 5. The monoisotopic (exact) mass is 727 g/mol. The van der Waals surface area contributed by atoms with Crippen LogP contribution in [0.3, 0.4) is 0 Å². The maximum atomic E-state index is 12.7. The minimum atomic E-state index is -0.0490. The average Bonchev–Trinajstić information content (AvgIpc) is 3.73. The Labute approximate surface area is 321 Å². The van der Waals surface area contributed by atoms with Crippen molar-refractivity contribution in [3.63, 3.8) is 0 Å². The molecular weight excluding hydrogens is 695 g/mol. The highest BCUT2D eigenvalue weighted by atomic mass is 32.1. The molecule has 7 aromatic carbocycles.